The Hall–Kier alpha value is -0.420. The van der Waals surface area contributed by atoms with Gasteiger partial charge >= 0.3 is 0 Å². The number of aromatic hydroxyl groups is 1. The summed E-state index contributed by atoms with van der Waals surface area (Å²) in [5, 5.41) is 9.45. The molecule has 0 heterocycles. The minimum Gasteiger partial charge on any atom is -0.506 e. The van der Waals surface area contributed by atoms with E-state index in [0.29, 0.717) is 0 Å². The van der Waals surface area contributed by atoms with Crippen LogP contribution >= 0.6 is 31.9 Å². The molecular formula is C8H5Br2FO2. The zero-order chi connectivity index (χ0) is 10.0. The van der Waals surface area contributed by atoms with Crippen LogP contribution in [0.15, 0.2) is 16.6 Å². The summed E-state index contributed by atoms with van der Waals surface area (Å²) >= 11 is 5.79. The molecular weight excluding hydrogens is 307 g/mol. The van der Waals surface area contributed by atoms with Crippen LogP contribution in [0.3, 0.4) is 0 Å². The predicted octanol–water partition coefficient (Wildman–Crippen LogP) is 2.87. The number of rotatable bonds is 2. The van der Waals surface area contributed by atoms with Crippen molar-refractivity contribution in [1.29, 1.82) is 0 Å². The zero-order valence-electron chi connectivity index (χ0n) is 6.35. The number of hydrogen-bond acceptors (Lipinski definition) is 2. The summed E-state index contributed by atoms with van der Waals surface area (Å²) in [5.74, 6) is -1.24. The van der Waals surface area contributed by atoms with Crippen molar-refractivity contribution in [2.75, 3.05) is 5.33 Å². The van der Waals surface area contributed by atoms with Crippen molar-refractivity contribution >= 4 is 37.6 Å². The lowest BCUT2D eigenvalue weighted by Gasteiger charge is -2.03. The Balaban J connectivity index is 3.26. The van der Waals surface area contributed by atoms with Crippen LogP contribution in [0, 0.1) is 5.82 Å². The highest BCUT2D eigenvalue weighted by atomic mass is 79.9. The molecule has 1 N–H and O–H groups in total. The molecule has 1 aromatic carbocycles. The molecule has 0 aromatic heterocycles. The first kappa shape index (κ1) is 10.7. The van der Waals surface area contributed by atoms with Crippen molar-refractivity contribution in [3.63, 3.8) is 0 Å². The van der Waals surface area contributed by atoms with E-state index >= 15 is 0 Å². The number of alkyl halides is 1. The van der Waals surface area contributed by atoms with Gasteiger partial charge in [-0.25, -0.2) is 4.39 Å². The molecule has 13 heavy (non-hydrogen) atoms. The first-order valence-electron chi connectivity index (χ1n) is 3.34. The standard InChI is InChI=1S/C8H5Br2FO2/c9-3-6(12)4-1-2-5(11)7(10)8(4)13/h1-2,13H,3H2. The monoisotopic (exact) mass is 310 g/mol. The lowest BCUT2D eigenvalue weighted by molar-refractivity contribution is 0.102. The van der Waals surface area contributed by atoms with Crippen LogP contribution in [0.5, 0.6) is 5.75 Å². The van der Waals surface area contributed by atoms with Gasteiger partial charge in [0.05, 0.1) is 15.4 Å². The van der Waals surface area contributed by atoms with E-state index in [4.69, 9.17) is 0 Å². The summed E-state index contributed by atoms with van der Waals surface area (Å²) in [6.07, 6.45) is 0. The molecule has 0 saturated carbocycles. The lowest BCUT2D eigenvalue weighted by atomic mass is 10.1. The zero-order valence-corrected chi connectivity index (χ0v) is 9.52. The van der Waals surface area contributed by atoms with Gasteiger partial charge in [0.1, 0.15) is 11.6 Å². The molecule has 0 bridgehead atoms. The highest BCUT2D eigenvalue weighted by Crippen LogP contribution is 2.30. The topological polar surface area (TPSA) is 37.3 Å². The summed E-state index contributed by atoms with van der Waals surface area (Å²) in [6.45, 7) is 0. The normalized spacial score (nSPS) is 10.1. The number of phenolic OH excluding ortho intramolecular Hbond substituents is 1. The second-order valence-electron chi connectivity index (χ2n) is 2.31. The van der Waals surface area contributed by atoms with Gasteiger partial charge in [-0.05, 0) is 28.1 Å². The van der Waals surface area contributed by atoms with Crippen molar-refractivity contribution in [1.82, 2.24) is 0 Å². The molecule has 0 aliphatic heterocycles. The van der Waals surface area contributed by atoms with E-state index in [1.54, 1.807) is 0 Å². The molecule has 0 aliphatic rings. The molecule has 1 aromatic rings. The van der Waals surface area contributed by atoms with E-state index in [1.165, 1.54) is 6.07 Å². The van der Waals surface area contributed by atoms with Crippen molar-refractivity contribution < 1.29 is 14.3 Å². The Kier molecular flexibility index (Phi) is 3.44. The fourth-order valence-electron chi connectivity index (χ4n) is 0.837. The molecule has 0 fully saturated rings. The van der Waals surface area contributed by atoms with E-state index in [1.807, 2.05) is 0 Å². The summed E-state index contributed by atoms with van der Waals surface area (Å²) in [7, 11) is 0. The molecule has 0 saturated heterocycles. The van der Waals surface area contributed by atoms with E-state index < -0.39 is 5.82 Å². The van der Waals surface area contributed by atoms with E-state index in [2.05, 4.69) is 31.9 Å². The fourth-order valence-corrected chi connectivity index (χ4v) is 1.48. The van der Waals surface area contributed by atoms with Crippen LogP contribution in [0.4, 0.5) is 4.39 Å². The quantitative estimate of drug-likeness (QED) is 0.673. The Morgan fingerprint density at radius 3 is 2.69 bits per heavy atom. The fraction of sp³-hybridized carbons (Fsp3) is 0.125. The minimum atomic E-state index is -0.594. The van der Waals surface area contributed by atoms with Gasteiger partial charge in [-0.3, -0.25) is 4.79 Å². The van der Waals surface area contributed by atoms with Crippen molar-refractivity contribution in [2.24, 2.45) is 0 Å². The SMILES string of the molecule is O=C(CBr)c1ccc(F)c(Br)c1O. The predicted molar refractivity (Wildman–Crippen MR) is 53.9 cm³/mol. The number of Topliss-reactive ketones (excluding diaryl/α,β-unsaturated/α-hetero) is 1. The number of hydrogen-bond donors (Lipinski definition) is 1. The Bertz CT molecular complexity index is 352. The summed E-state index contributed by atoms with van der Waals surface area (Å²) in [5.41, 5.74) is 0.102. The third kappa shape index (κ3) is 2.08. The second kappa shape index (κ2) is 4.19. The number of benzene rings is 1. The summed E-state index contributed by atoms with van der Waals surface area (Å²) in [6, 6.07) is 2.37. The number of ketones is 1. The Morgan fingerprint density at radius 2 is 2.15 bits per heavy atom. The average molecular weight is 312 g/mol. The van der Waals surface area contributed by atoms with E-state index in [0.717, 1.165) is 6.07 Å². The van der Waals surface area contributed by atoms with Crippen molar-refractivity contribution in [2.45, 2.75) is 0 Å². The average Bonchev–Trinajstić information content (AvgIpc) is 2.13. The Labute approximate surface area is 91.0 Å². The molecule has 0 amide bonds. The van der Waals surface area contributed by atoms with Gasteiger partial charge in [0, 0.05) is 0 Å². The molecule has 5 heteroatoms. The maximum absolute atomic E-state index is 12.8. The van der Waals surface area contributed by atoms with Gasteiger partial charge in [-0.15, -0.1) is 0 Å². The highest BCUT2D eigenvalue weighted by Gasteiger charge is 2.14. The van der Waals surface area contributed by atoms with Crippen molar-refractivity contribution in [3.8, 4) is 5.75 Å². The van der Waals surface area contributed by atoms with E-state index in [9.17, 15) is 14.3 Å². The third-order valence-corrected chi connectivity index (χ3v) is 2.75. The Morgan fingerprint density at radius 1 is 1.54 bits per heavy atom. The molecule has 0 spiro atoms. The second-order valence-corrected chi connectivity index (χ2v) is 3.67. The van der Waals surface area contributed by atoms with Crippen LogP contribution < -0.4 is 0 Å². The number of carbonyl (C=O) groups is 1. The van der Waals surface area contributed by atoms with Crippen molar-refractivity contribution in [3.05, 3.63) is 28.0 Å². The number of carbonyl (C=O) groups excluding carboxylic acids is 1. The molecule has 0 radical (unpaired) electrons. The van der Waals surface area contributed by atoms with Crippen LogP contribution in [-0.2, 0) is 0 Å². The van der Waals surface area contributed by atoms with Gasteiger partial charge in [-0.1, -0.05) is 15.9 Å². The largest absolute Gasteiger partial charge is 0.506 e. The molecule has 1 rings (SSSR count). The molecule has 70 valence electrons. The molecule has 0 atom stereocenters. The van der Waals surface area contributed by atoms with Crippen LogP contribution in [0.25, 0.3) is 0 Å². The molecule has 2 nitrogen and oxygen atoms in total. The van der Waals surface area contributed by atoms with Gasteiger partial charge in [0.2, 0.25) is 0 Å². The van der Waals surface area contributed by atoms with Gasteiger partial charge in [0.25, 0.3) is 0 Å². The van der Waals surface area contributed by atoms with E-state index in [-0.39, 0.29) is 26.9 Å². The van der Waals surface area contributed by atoms with Gasteiger partial charge in [-0.2, -0.15) is 0 Å². The smallest absolute Gasteiger partial charge is 0.177 e. The molecule has 0 aliphatic carbocycles. The minimum absolute atomic E-state index is 0.0840. The third-order valence-electron chi connectivity index (χ3n) is 1.49. The lowest BCUT2D eigenvalue weighted by Crippen LogP contribution is -2.01. The maximum Gasteiger partial charge on any atom is 0.177 e. The summed E-state index contributed by atoms with van der Waals surface area (Å²) in [4.78, 5) is 11.1. The van der Waals surface area contributed by atoms with Gasteiger partial charge < -0.3 is 5.11 Å². The van der Waals surface area contributed by atoms with Crippen LogP contribution in [0.2, 0.25) is 0 Å². The van der Waals surface area contributed by atoms with Crippen LogP contribution in [0.1, 0.15) is 10.4 Å². The first-order chi connectivity index (χ1) is 6.07. The highest BCUT2D eigenvalue weighted by molar-refractivity contribution is 9.10. The molecule has 0 unspecified atom stereocenters. The number of phenols is 1. The van der Waals surface area contributed by atoms with Gasteiger partial charge in [0.15, 0.2) is 5.78 Å². The number of halogens is 3. The summed E-state index contributed by atoms with van der Waals surface area (Å²) < 4.78 is 12.7. The first-order valence-corrected chi connectivity index (χ1v) is 5.25. The van der Waals surface area contributed by atoms with Crippen LogP contribution in [-0.4, -0.2) is 16.2 Å². The maximum atomic E-state index is 12.8.